The fourth-order valence-electron chi connectivity index (χ4n) is 3.44. The summed E-state index contributed by atoms with van der Waals surface area (Å²) in [6, 6.07) is 7.11. The molecule has 0 atom stereocenters. The van der Waals surface area contributed by atoms with E-state index in [9.17, 15) is 0 Å². The minimum Gasteiger partial charge on any atom is -0.485 e. The van der Waals surface area contributed by atoms with Crippen LogP contribution in [-0.2, 0) is 6.42 Å². The SMILES string of the molecule is CC(C)N1CCC(C)(Oc2cccc3c2NCCC3)CC1. The number of hydrogen-bond donors (Lipinski definition) is 1. The lowest BCUT2D eigenvalue weighted by atomic mass is 9.92. The van der Waals surface area contributed by atoms with Gasteiger partial charge in [0.05, 0.1) is 5.69 Å². The van der Waals surface area contributed by atoms with E-state index in [1.165, 1.54) is 17.7 Å². The summed E-state index contributed by atoms with van der Waals surface area (Å²) in [7, 11) is 0. The molecule has 1 aromatic rings. The molecule has 3 nitrogen and oxygen atoms in total. The van der Waals surface area contributed by atoms with Gasteiger partial charge in [-0.15, -0.1) is 0 Å². The van der Waals surface area contributed by atoms with Gasteiger partial charge in [-0.05, 0) is 58.1 Å². The number of benzene rings is 1. The van der Waals surface area contributed by atoms with Crippen molar-refractivity contribution in [3.05, 3.63) is 23.8 Å². The molecule has 21 heavy (non-hydrogen) atoms. The van der Waals surface area contributed by atoms with Crippen LogP contribution in [0.15, 0.2) is 18.2 Å². The molecule has 3 rings (SSSR count). The number of ether oxygens (including phenoxy) is 1. The summed E-state index contributed by atoms with van der Waals surface area (Å²) < 4.78 is 6.48. The third-order valence-electron chi connectivity index (χ3n) is 4.98. The number of nitrogens with zero attached hydrogens (tertiary/aromatic N) is 1. The van der Waals surface area contributed by atoms with Gasteiger partial charge in [-0.3, -0.25) is 0 Å². The van der Waals surface area contributed by atoms with E-state index in [0.717, 1.165) is 44.6 Å². The molecule has 0 spiro atoms. The molecule has 0 amide bonds. The predicted molar refractivity (Wildman–Crippen MR) is 88.2 cm³/mol. The molecule has 116 valence electrons. The number of rotatable bonds is 3. The number of hydrogen-bond acceptors (Lipinski definition) is 3. The third-order valence-corrected chi connectivity index (χ3v) is 4.98. The van der Waals surface area contributed by atoms with Crippen molar-refractivity contribution in [1.29, 1.82) is 0 Å². The zero-order valence-corrected chi connectivity index (χ0v) is 13.6. The monoisotopic (exact) mass is 288 g/mol. The summed E-state index contributed by atoms with van der Waals surface area (Å²) in [5.74, 6) is 1.05. The quantitative estimate of drug-likeness (QED) is 0.918. The van der Waals surface area contributed by atoms with Crippen LogP contribution >= 0.6 is 0 Å². The van der Waals surface area contributed by atoms with Gasteiger partial charge < -0.3 is 15.0 Å². The second kappa shape index (κ2) is 5.88. The number of likely N-dealkylation sites (tertiary alicyclic amines) is 1. The zero-order valence-electron chi connectivity index (χ0n) is 13.6. The third kappa shape index (κ3) is 3.18. The Balaban J connectivity index is 1.72. The van der Waals surface area contributed by atoms with Crippen LogP contribution < -0.4 is 10.1 Å². The fraction of sp³-hybridized carbons (Fsp3) is 0.667. The summed E-state index contributed by atoms with van der Waals surface area (Å²) in [4.78, 5) is 2.55. The maximum absolute atomic E-state index is 6.48. The van der Waals surface area contributed by atoms with Crippen LogP contribution in [0.1, 0.15) is 45.6 Å². The Labute approximate surface area is 128 Å². The second-order valence-electron chi connectivity index (χ2n) is 7.00. The summed E-state index contributed by atoms with van der Waals surface area (Å²) in [5.41, 5.74) is 2.61. The highest BCUT2D eigenvalue weighted by Gasteiger charge is 2.33. The Morgan fingerprint density at radius 3 is 2.71 bits per heavy atom. The highest BCUT2D eigenvalue weighted by molar-refractivity contribution is 5.63. The normalized spacial score (nSPS) is 21.7. The Morgan fingerprint density at radius 1 is 1.24 bits per heavy atom. The van der Waals surface area contributed by atoms with Crippen molar-refractivity contribution >= 4 is 5.69 Å². The van der Waals surface area contributed by atoms with E-state index < -0.39 is 0 Å². The van der Waals surface area contributed by atoms with Crippen molar-refractivity contribution in [2.24, 2.45) is 0 Å². The van der Waals surface area contributed by atoms with Gasteiger partial charge in [0.15, 0.2) is 0 Å². The van der Waals surface area contributed by atoms with E-state index in [0.29, 0.717) is 6.04 Å². The van der Waals surface area contributed by atoms with Gasteiger partial charge in [0, 0.05) is 25.7 Å². The lowest BCUT2D eigenvalue weighted by molar-refractivity contribution is 0.00841. The average Bonchev–Trinajstić information content (AvgIpc) is 2.48. The zero-order chi connectivity index (χ0) is 14.9. The van der Waals surface area contributed by atoms with Crippen molar-refractivity contribution in [1.82, 2.24) is 4.90 Å². The molecule has 3 heteroatoms. The molecule has 0 aromatic heterocycles. The van der Waals surface area contributed by atoms with E-state index >= 15 is 0 Å². The average molecular weight is 288 g/mol. The van der Waals surface area contributed by atoms with Gasteiger partial charge in [-0.1, -0.05) is 12.1 Å². The number of anilines is 1. The van der Waals surface area contributed by atoms with Crippen LogP contribution in [0.25, 0.3) is 0 Å². The minimum atomic E-state index is -0.0281. The lowest BCUT2D eigenvalue weighted by Crippen LogP contribution is -2.48. The smallest absolute Gasteiger partial charge is 0.143 e. The van der Waals surface area contributed by atoms with Gasteiger partial charge in [0.1, 0.15) is 11.4 Å². The van der Waals surface area contributed by atoms with Crippen molar-refractivity contribution < 1.29 is 4.74 Å². The van der Waals surface area contributed by atoms with Crippen molar-refractivity contribution in [3.63, 3.8) is 0 Å². The lowest BCUT2D eigenvalue weighted by Gasteiger charge is -2.41. The molecule has 2 aliphatic rings. The van der Waals surface area contributed by atoms with Gasteiger partial charge in [-0.25, -0.2) is 0 Å². The topological polar surface area (TPSA) is 24.5 Å². The first kappa shape index (κ1) is 14.7. The van der Waals surface area contributed by atoms with Crippen LogP contribution in [0.2, 0.25) is 0 Å². The van der Waals surface area contributed by atoms with Gasteiger partial charge in [0.2, 0.25) is 0 Å². The van der Waals surface area contributed by atoms with Gasteiger partial charge in [0.25, 0.3) is 0 Å². The van der Waals surface area contributed by atoms with Crippen LogP contribution in [0.3, 0.4) is 0 Å². The Morgan fingerprint density at radius 2 is 2.00 bits per heavy atom. The minimum absolute atomic E-state index is 0.0281. The van der Waals surface area contributed by atoms with Crippen LogP contribution in [-0.4, -0.2) is 36.2 Å². The standard InChI is InChI=1S/C18H28N2O/c1-14(2)20-12-9-18(3,10-13-20)21-16-8-4-6-15-7-5-11-19-17(15)16/h4,6,8,14,19H,5,7,9-13H2,1-3H3. The molecule has 1 saturated heterocycles. The molecular formula is C18H28N2O. The van der Waals surface area contributed by atoms with Gasteiger partial charge in [-0.2, -0.15) is 0 Å². The Kier molecular flexibility index (Phi) is 4.12. The number of fused-ring (bicyclic) bond motifs is 1. The summed E-state index contributed by atoms with van der Waals surface area (Å²) in [5, 5.41) is 3.53. The molecule has 1 N–H and O–H groups in total. The van der Waals surface area contributed by atoms with Crippen LogP contribution in [0.5, 0.6) is 5.75 Å². The Bertz CT molecular complexity index is 490. The molecule has 0 bridgehead atoms. The first-order valence-corrected chi connectivity index (χ1v) is 8.36. The van der Waals surface area contributed by atoms with E-state index in [2.05, 4.69) is 49.2 Å². The maximum Gasteiger partial charge on any atom is 0.143 e. The molecule has 0 saturated carbocycles. The molecule has 2 aliphatic heterocycles. The molecule has 0 aliphatic carbocycles. The summed E-state index contributed by atoms with van der Waals surface area (Å²) in [6.07, 6.45) is 4.60. The summed E-state index contributed by atoms with van der Waals surface area (Å²) in [6.45, 7) is 10.2. The van der Waals surface area contributed by atoms with Crippen molar-refractivity contribution in [3.8, 4) is 5.75 Å². The first-order chi connectivity index (χ1) is 10.1. The molecule has 2 heterocycles. The maximum atomic E-state index is 6.48. The van der Waals surface area contributed by atoms with Crippen LogP contribution in [0, 0.1) is 0 Å². The van der Waals surface area contributed by atoms with Crippen molar-refractivity contribution in [2.45, 2.75) is 58.1 Å². The fourth-order valence-corrected chi connectivity index (χ4v) is 3.44. The van der Waals surface area contributed by atoms with E-state index in [4.69, 9.17) is 4.74 Å². The number of nitrogens with one attached hydrogen (secondary N) is 1. The highest BCUT2D eigenvalue weighted by atomic mass is 16.5. The number of piperidine rings is 1. The predicted octanol–water partition coefficient (Wildman–Crippen LogP) is 3.69. The highest BCUT2D eigenvalue weighted by Crippen LogP contribution is 2.37. The largest absolute Gasteiger partial charge is 0.485 e. The second-order valence-corrected chi connectivity index (χ2v) is 7.00. The number of para-hydroxylation sites is 1. The molecule has 1 aromatic carbocycles. The Hall–Kier alpha value is -1.22. The molecular weight excluding hydrogens is 260 g/mol. The summed E-state index contributed by atoms with van der Waals surface area (Å²) >= 11 is 0. The van der Waals surface area contributed by atoms with Gasteiger partial charge >= 0.3 is 0 Å². The molecule has 0 radical (unpaired) electrons. The molecule has 0 unspecified atom stereocenters. The van der Waals surface area contributed by atoms with E-state index in [1.807, 2.05) is 0 Å². The molecule has 1 fully saturated rings. The first-order valence-electron chi connectivity index (χ1n) is 8.36. The van der Waals surface area contributed by atoms with E-state index in [-0.39, 0.29) is 5.60 Å². The van der Waals surface area contributed by atoms with Crippen molar-refractivity contribution in [2.75, 3.05) is 25.0 Å². The van der Waals surface area contributed by atoms with Crippen LogP contribution in [0.4, 0.5) is 5.69 Å². The van der Waals surface area contributed by atoms with E-state index in [1.54, 1.807) is 0 Å². The number of aryl methyl sites for hydroxylation is 1.